The summed E-state index contributed by atoms with van der Waals surface area (Å²) in [6.45, 7) is 4.18. The summed E-state index contributed by atoms with van der Waals surface area (Å²) in [5, 5.41) is 4.45. The van der Waals surface area contributed by atoms with Crippen LogP contribution in [-0.2, 0) is 17.1 Å². The molecular formula is C19H24N6S. The van der Waals surface area contributed by atoms with Gasteiger partial charge in [-0.2, -0.15) is 14.6 Å². The van der Waals surface area contributed by atoms with Crippen molar-refractivity contribution in [2.75, 3.05) is 24.2 Å². The Morgan fingerprint density at radius 2 is 1.85 bits per heavy atom. The lowest BCUT2D eigenvalue weighted by Crippen LogP contribution is -2.32. The van der Waals surface area contributed by atoms with Gasteiger partial charge in [0.2, 0.25) is 0 Å². The van der Waals surface area contributed by atoms with Crippen LogP contribution in [0.4, 0.5) is 5.82 Å². The Labute approximate surface area is 156 Å². The van der Waals surface area contributed by atoms with Crippen LogP contribution in [0, 0.1) is 11.7 Å². The van der Waals surface area contributed by atoms with E-state index in [0.717, 1.165) is 35.9 Å². The minimum absolute atomic E-state index is 0.452. The van der Waals surface area contributed by atoms with Gasteiger partial charge in [0.1, 0.15) is 12.1 Å². The van der Waals surface area contributed by atoms with E-state index in [-0.39, 0.29) is 0 Å². The molecule has 7 heteroatoms. The maximum absolute atomic E-state index is 7.88. The molecule has 136 valence electrons. The second-order valence-corrected chi connectivity index (χ2v) is 8.34. The van der Waals surface area contributed by atoms with Crippen molar-refractivity contribution in [2.24, 2.45) is 0 Å². The second kappa shape index (κ2) is 7.15. The number of hydrogen-bond acceptors (Lipinski definition) is 5. The van der Waals surface area contributed by atoms with Gasteiger partial charge in [0.15, 0.2) is 0 Å². The molecule has 0 saturated carbocycles. The number of fused-ring (bicyclic) bond motifs is 1. The van der Waals surface area contributed by atoms with E-state index in [9.17, 15) is 0 Å². The summed E-state index contributed by atoms with van der Waals surface area (Å²) in [5.41, 5.74) is 3.48. The third kappa shape index (κ3) is 3.23. The van der Waals surface area contributed by atoms with Crippen molar-refractivity contribution in [2.45, 2.75) is 37.5 Å². The third-order valence-electron chi connectivity index (χ3n) is 5.02. The molecule has 1 aromatic carbocycles. The number of aromatic nitrogens is 4. The van der Waals surface area contributed by atoms with Crippen LogP contribution in [0.25, 0.3) is 5.78 Å². The van der Waals surface area contributed by atoms with Gasteiger partial charge in [-0.25, -0.2) is 4.98 Å². The molecule has 0 spiro atoms. The first kappa shape index (κ1) is 17.1. The monoisotopic (exact) mass is 368 g/mol. The van der Waals surface area contributed by atoms with Crippen LogP contribution in [0.1, 0.15) is 36.1 Å². The molecule has 6 nitrogen and oxygen atoms in total. The predicted molar refractivity (Wildman–Crippen MR) is 105 cm³/mol. The Hall–Kier alpha value is -2.28. The Bertz CT molecular complexity index is 941. The third-order valence-corrected chi connectivity index (χ3v) is 6.00. The number of nitrogens with zero attached hydrogens (tertiary/aromatic N) is 5. The van der Waals surface area contributed by atoms with E-state index in [1.54, 1.807) is 6.33 Å². The van der Waals surface area contributed by atoms with Crippen molar-refractivity contribution in [3.63, 3.8) is 0 Å². The van der Waals surface area contributed by atoms with E-state index in [2.05, 4.69) is 51.2 Å². The summed E-state index contributed by atoms with van der Waals surface area (Å²) < 4.78 is 9.78. The highest BCUT2D eigenvalue weighted by Gasteiger charge is 2.21. The van der Waals surface area contributed by atoms with Crippen molar-refractivity contribution in [3.05, 3.63) is 47.4 Å². The fraction of sp³-hybridized carbons (Fsp3) is 0.421. The smallest absolute Gasteiger partial charge is 0.254 e. The first-order valence-electron chi connectivity index (χ1n) is 9.04. The van der Waals surface area contributed by atoms with Gasteiger partial charge in [0.05, 0.1) is 0 Å². The molecule has 1 N–H and O–H groups in total. The normalized spacial score (nSPS) is 16.2. The zero-order chi connectivity index (χ0) is 18.1. The lowest BCUT2D eigenvalue weighted by Gasteiger charge is -2.31. The summed E-state index contributed by atoms with van der Waals surface area (Å²) in [6, 6.07) is 8.42. The predicted octanol–water partition coefficient (Wildman–Crippen LogP) is 3.38. The number of benzene rings is 1. The molecule has 4 rings (SSSR count). The number of rotatable bonds is 4. The average molecular weight is 369 g/mol. The van der Waals surface area contributed by atoms with Gasteiger partial charge < -0.3 is 4.90 Å². The van der Waals surface area contributed by atoms with Crippen molar-refractivity contribution >= 4 is 22.3 Å². The molecule has 1 atom stereocenters. The van der Waals surface area contributed by atoms with E-state index >= 15 is 0 Å². The lowest BCUT2D eigenvalue weighted by molar-refractivity contribution is 0.566. The highest BCUT2D eigenvalue weighted by Crippen LogP contribution is 2.28. The molecule has 2 aromatic heterocycles. The van der Waals surface area contributed by atoms with E-state index in [0.29, 0.717) is 5.78 Å². The minimum Gasteiger partial charge on any atom is -0.356 e. The topological polar surface area (TPSA) is 70.2 Å². The number of aryl methyl sites for hydroxylation is 1. The molecule has 0 unspecified atom stereocenters. The summed E-state index contributed by atoms with van der Waals surface area (Å²) >= 11 is 0. The Balaban J connectivity index is 1.77. The molecule has 3 aromatic rings. The average Bonchev–Trinajstić information content (AvgIpc) is 3.11. The highest BCUT2D eigenvalue weighted by atomic mass is 32.2. The Kier molecular flexibility index (Phi) is 4.72. The number of piperidine rings is 1. The highest BCUT2D eigenvalue weighted by molar-refractivity contribution is 7.85. The van der Waals surface area contributed by atoms with Crippen LogP contribution in [0.15, 0.2) is 35.5 Å². The first-order valence-corrected chi connectivity index (χ1v) is 10.7. The minimum atomic E-state index is -0.452. The molecule has 0 radical (unpaired) electrons. The zero-order valence-electron chi connectivity index (χ0n) is 15.3. The first-order chi connectivity index (χ1) is 12.6. The number of nitrogens with one attached hydrogen (secondary N) is 1. The summed E-state index contributed by atoms with van der Waals surface area (Å²) in [4.78, 5) is 12.5. The molecule has 1 aliphatic heterocycles. The largest absolute Gasteiger partial charge is 0.356 e. The SMILES string of the molecule is Cc1nc2ncnn2c(N2CCCCC2)c1Cc1ccc([S@](C)=N)cc1. The maximum Gasteiger partial charge on any atom is 0.254 e. The van der Waals surface area contributed by atoms with Crippen LogP contribution in [0.2, 0.25) is 0 Å². The van der Waals surface area contributed by atoms with Crippen molar-refractivity contribution in [1.29, 1.82) is 4.78 Å². The Morgan fingerprint density at radius 1 is 1.12 bits per heavy atom. The molecule has 26 heavy (non-hydrogen) atoms. The van der Waals surface area contributed by atoms with E-state index < -0.39 is 10.7 Å². The molecule has 1 aliphatic rings. The van der Waals surface area contributed by atoms with Gasteiger partial charge in [-0.3, -0.25) is 4.78 Å². The van der Waals surface area contributed by atoms with Crippen LogP contribution >= 0.6 is 0 Å². The maximum atomic E-state index is 7.88. The fourth-order valence-electron chi connectivity index (χ4n) is 3.62. The fourth-order valence-corrected chi connectivity index (χ4v) is 4.17. The lowest BCUT2D eigenvalue weighted by atomic mass is 10.0. The molecule has 0 amide bonds. The summed E-state index contributed by atoms with van der Waals surface area (Å²) in [6.07, 6.45) is 8.06. The molecular weight excluding hydrogens is 344 g/mol. The van der Waals surface area contributed by atoms with E-state index in [1.165, 1.54) is 30.4 Å². The number of hydrogen-bond donors (Lipinski definition) is 1. The zero-order valence-corrected chi connectivity index (χ0v) is 16.1. The van der Waals surface area contributed by atoms with Crippen molar-refractivity contribution in [3.8, 4) is 0 Å². The quantitative estimate of drug-likeness (QED) is 0.766. The van der Waals surface area contributed by atoms with Crippen molar-refractivity contribution in [1.82, 2.24) is 19.6 Å². The van der Waals surface area contributed by atoms with E-state index in [4.69, 9.17) is 4.78 Å². The van der Waals surface area contributed by atoms with E-state index in [1.807, 2.05) is 10.8 Å². The molecule has 1 fully saturated rings. The summed E-state index contributed by atoms with van der Waals surface area (Å²) in [7, 11) is -0.452. The van der Waals surface area contributed by atoms with Crippen LogP contribution < -0.4 is 4.90 Å². The van der Waals surface area contributed by atoms with Gasteiger partial charge in [-0.05, 0) is 50.1 Å². The van der Waals surface area contributed by atoms with Gasteiger partial charge >= 0.3 is 0 Å². The van der Waals surface area contributed by atoms with Gasteiger partial charge in [-0.15, -0.1) is 0 Å². The summed E-state index contributed by atoms with van der Waals surface area (Å²) in [5.74, 6) is 1.82. The van der Waals surface area contributed by atoms with Crippen LogP contribution in [-0.4, -0.2) is 38.9 Å². The van der Waals surface area contributed by atoms with Crippen LogP contribution in [0.3, 0.4) is 0 Å². The molecule has 3 heterocycles. The van der Waals surface area contributed by atoms with Gasteiger partial charge in [0.25, 0.3) is 5.78 Å². The molecule has 0 bridgehead atoms. The Morgan fingerprint density at radius 3 is 2.54 bits per heavy atom. The standard InChI is InChI=1S/C19H24N6S/c1-14-17(12-15-6-8-16(9-7-15)26(2)20)18(24-10-4-3-5-11-24)25-19(23-14)21-13-22-25/h6-9,13,20H,3-5,10-12H2,1-2H3/t26-/m0/s1. The van der Waals surface area contributed by atoms with Crippen LogP contribution in [0.5, 0.6) is 0 Å². The second-order valence-electron chi connectivity index (χ2n) is 6.85. The molecule has 1 saturated heterocycles. The van der Waals surface area contributed by atoms with Gasteiger partial charge in [0, 0.05) is 35.7 Å². The van der Waals surface area contributed by atoms with Crippen molar-refractivity contribution < 1.29 is 0 Å². The number of anilines is 1. The molecule has 0 aliphatic carbocycles. The van der Waals surface area contributed by atoms with Gasteiger partial charge in [-0.1, -0.05) is 22.8 Å².